The molecule has 0 saturated carbocycles. The third-order valence-electron chi connectivity index (χ3n) is 1.66. The predicted octanol–water partition coefficient (Wildman–Crippen LogP) is 1.74. The lowest BCUT2D eigenvalue weighted by Gasteiger charge is -2.04. The van der Waals surface area contributed by atoms with Crippen LogP contribution in [0.15, 0.2) is 24.3 Å². The van der Waals surface area contributed by atoms with Gasteiger partial charge in [0.25, 0.3) is 0 Å². The van der Waals surface area contributed by atoms with E-state index in [-0.39, 0.29) is 18.3 Å². The van der Waals surface area contributed by atoms with Crippen molar-refractivity contribution in [1.29, 1.82) is 0 Å². The monoisotopic (exact) mass is 215 g/mol. The molecule has 4 N–H and O–H groups in total. The Morgan fingerprint density at radius 3 is 2.21 bits per heavy atom. The molecular formula is C9H14ClN3O. The normalized spacial score (nSPS) is 8.71. The van der Waals surface area contributed by atoms with Crippen LogP contribution in [0.3, 0.4) is 0 Å². The number of hydrogen-bond donors (Lipinski definition) is 3. The maximum atomic E-state index is 11.0. The lowest BCUT2D eigenvalue weighted by molar-refractivity contribution is -0.115. The number of nitrogens with one attached hydrogen (secondary N) is 2. The number of halogens is 1. The molecular weight excluding hydrogens is 202 g/mol. The Morgan fingerprint density at radius 2 is 1.79 bits per heavy atom. The number of nitrogens with two attached hydrogens (primary N) is 1. The fourth-order valence-electron chi connectivity index (χ4n) is 0.899. The van der Waals surface area contributed by atoms with Gasteiger partial charge in [-0.05, 0) is 24.3 Å². The van der Waals surface area contributed by atoms with E-state index in [1.807, 2.05) is 6.92 Å². The van der Waals surface area contributed by atoms with Gasteiger partial charge in [0.1, 0.15) is 0 Å². The second kappa shape index (κ2) is 6.23. The van der Waals surface area contributed by atoms with Gasteiger partial charge in [-0.2, -0.15) is 0 Å². The summed E-state index contributed by atoms with van der Waals surface area (Å²) in [6.45, 7) is 1.81. The minimum absolute atomic E-state index is 0. The van der Waals surface area contributed by atoms with Crippen LogP contribution in [0.4, 0.5) is 11.4 Å². The zero-order chi connectivity index (χ0) is 9.68. The molecule has 0 unspecified atom stereocenters. The van der Waals surface area contributed by atoms with Crippen molar-refractivity contribution in [1.82, 2.24) is 0 Å². The number of hydrazine groups is 1. The van der Waals surface area contributed by atoms with Gasteiger partial charge in [-0.15, -0.1) is 12.4 Å². The van der Waals surface area contributed by atoms with Gasteiger partial charge in [0.05, 0.1) is 0 Å². The van der Waals surface area contributed by atoms with Crippen LogP contribution in [-0.2, 0) is 4.79 Å². The molecule has 0 fully saturated rings. The number of carbonyl (C=O) groups excluding carboxylic acids is 1. The average Bonchev–Trinajstić information content (AvgIpc) is 2.19. The van der Waals surface area contributed by atoms with E-state index in [4.69, 9.17) is 5.84 Å². The highest BCUT2D eigenvalue weighted by molar-refractivity contribution is 5.90. The van der Waals surface area contributed by atoms with Crippen molar-refractivity contribution in [2.24, 2.45) is 5.84 Å². The highest BCUT2D eigenvalue weighted by Gasteiger charge is 1.97. The lowest BCUT2D eigenvalue weighted by atomic mass is 10.3. The number of amides is 1. The van der Waals surface area contributed by atoms with Gasteiger partial charge in [0.2, 0.25) is 5.91 Å². The Balaban J connectivity index is 0.00000169. The number of benzene rings is 1. The largest absolute Gasteiger partial charge is 0.326 e. The van der Waals surface area contributed by atoms with Gasteiger partial charge in [0, 0.05) is 17.8 Å². The van der Waals surface area contributed by atoms with E-state index in [2.05, 4.69) is 10.7 Å². The smallest absolute Gasteiger partial charge is 0.224 e. The summed E-state index contributed by atoms with van der Waals surface area (Å²) in [6.07, 6.45) is 0.483. The minimum atomic E-state index is 0. The van der Waals surface area contributed by atoms with Crippen LogP contribution in [0.1, 0.15) is 13.3 Å². The second-order valence-electron chi connectivity index (χ2n) is 2.62. The van der Waals surface area contributed by atoms with Crippen LogP contribution < -0.4 is 16.6 Å². The van der Waals surface area contributed by atoms with Crippen molar-refractivity contribution in [2.45, 2.75) is 13.3 Å². The summed E-state index contributed by atoms with van der Waals surface area (Å²) in [5, 5.41) is 2.74. The van der Waals surface area contributed by atoms with Crippen molar-refractivity contribution >= 4 is 29.7 Å². The molecule has 78 valence electrons. The summed E-state index contributed by atoms with van der Waals surface area (Å²) >= 11 is 0. The Labute approximate surface area is 89.3 Å². The highest BCUT2D eigenvalue weighted by Crippen LogP contribution is 2.12. The first-order valence-electron chi connectivity index (χ1n) is 4.12. The zero-order valence-electron chi connectivity index (χ0n) is 7.91. The zero-order valence-corrected chi connectivity index (χ0v) is 8.73. The Hall–Kier alpha value is -1.26. The molecule has 1 aromatic carbocycles. The van der Waals surface area contributed by atoms with Crippen molar-refractivity contribution in [3.8, 4) is 0 Å². The molecule has 0 atom stereocenters. The third-order valence-corrected chi connectivity index (χ3v) is 1.66. The Kier molecular flexibility index (Phi) is 5.67. The molecule has 0 aliphatic heterocycles. The van der Waals surface area contributed by atoms with Crippen LogP contribution >= 0.6 is 12.4 Å². The lowest BCUT2D eigenvalue weighted by Crippen LogP contribution is -2.10. The third kappa shape index (κ3) is 3.64. The molecule has 14 heavy (non-hydrogen) atoms. The van der Waals surface area contributed by atoms with Crippen molar-refractivity contribution < 1.29 is 4.79 Å². The molecule has 0 aliphatic rings. The average molecular weight is 216 g/mol. The number of rotatable bonds is 3. The molecule has 0 aliphatic carbocycles. The SMILES string of the molecule is CCC(=O)Nc1ccc(NN)cc1.Cl. The first-order valence-corrected chi connectivity index (χ1v) is 4.12. The molecule has 0 aromatic heterocycles. The number of hydrogen-bond acceptors (Lipinski definition) is 3. The quantitative estimate of drug-likeness (QED) is 0.532. The number of carbonyl (C=O) groups is 1. The van der Waals surface area contributed by atoms with Gasteiger partial charge in [0.15, 0.2) is 0 Å². The van der Waals surface area contributed by atoms with Crippen LogP contribution in [-0.4, -0.2) is 5.91 Å². The van der Waals surface area contributed by atoms with E-state index in [1.165, 1.54) is 0 Å². The van der Waals surface area contributed by atoms with Gasteiger partial charge in [-0.1, -0.05) is 6.92 Å². The summed E-state index contributed by atoms with van der Waals surface area (Å²) in [5.41, 5.74) is 4.11. The summed E-state index contributed by atoms with van der Waals surface area (Å²) < 4.78 is 0. The molecule has 1 aromatic rings. The van der Waals surface area contributed by atoms with E-state index >= 15 is 0 Å². The summed E-state index contributed by atoms with van der Waals surface area (Å²) in [6, 6.07) is 7.18. The first-order chi connectivity index (χ1) is 6.26. The highest BCUT2D eigenvalue weighted by atomic mass is 35.5. The second-order valence-corrected chi connectivity index (χ2v) is 2.62. The minimum Gasteiger partial charge on any atom is -0.326 e. The first kappa shape index (κ1) is 12.7. The molecule has 0 saturated heterocycles. The number of nitrogen functional groups attached to an aromatic ring is 1. The van der Waals surface area contributed by atoms with Crippen molar-refractivity contribution in [2.75, 3.05) is 10.7 Å². The molecule has 0 bridgehead atoms. The summed E-state index contributed by atoms with van der Waals surface area (Å²) in [7, 11) is 0. The maximum absolute atomic E-state index is 11.0. The fraction of sp³-hybridized carbons (Fsp3) is 0.222. The predicted molar refractivity (Wildman–Crippen MR) is 60.4 cm³/mol. The van der Waals surface area contributed by atoms with Crippen molar-refractivity contribution in [3.63, 3.8) is 0 Å². The van der Waals surface area contributed by atoms with Gasteiger partial charge >= 0.3 is 0 Å². The van der Waals surface area contributed by atoms with Crippen LogP contribution in [0.5, 0.6) is 0 Å². The molecule has 0 heterocycles. The molecule has 4 nitrogen and oxygen atoms in total. The van der Waals surface area contributed by atoms with Crippen LogP contribution in [0.25, 0.3) is 0 Å². The molecule has 5 heteroatoms. The topological polar surface area (TPSA) is 67.2 Å². The molecule has 0 radical (unpaired) electrons. The molecule has 0 spiro atoms. The van der Waals surface area contributed by atoms with E-state index in [0.717, 1.165) is 11.4 Å². The van der Waals surface area contributed by atoms with E-state index in [0.29, 0.717) is 6.42 Å². The van der Waals surface area contributed by atoms with Crippen molar-refractivity contribution in [3.05, 3.63) is 24.3 Å². The van der Waals surface area contributed by atoms with Crippen LogP contribution in [0, 0.1) is 0 Å². The Morgan fingerprint density at radius 1 is 1.29 bits per heavy atom. The Bertz CT molecular complexity index is 287. The maximum Gasteiger partial charge on any atom is 0.224 e. The van der Waals surface area contributed by atoms with E-state index < -0.39 is 0 Å². The van der Waals surface area contributed by atoms with Gasteiger partial charge in [-0.3, -0.25) is 10.6 Å². The number of anilines is 2. The van der Waals surface area contributed by atoms with Crippen LogP contribution in [0.2, 0.25) is 0 Å². The van der Waals surface area contributed by atoms with E-state index in [9.17, 15) is 4.79 Å². The summed E-state index contributed by atoms with van der Waals surface area (Å²) in [4.78, 5) is 11.0. The standard InChI is InChI=1S/C9H13N3O.ClH/c1-2-9(13)11-7-3-5-8(12-10)6-4-7;/h3-6,12H,2,10H2,1H3,(H,11,13);1H. The van der Waals surface area contributed by atoms with E-state index in [1.54, 1.807) is 24.3 Å². The fourth-order valence-corrected chi connectivity index (χ4v) is 0.899. The van der Waals surface area contributed by atoms with Gasteiger partial charge < -0.3 is 10.7 Å². The summed E-state index contributed by atoms with van der Waals surface area (Å²) in [5.74, 6) is 5.20. The molecule has 1 rings (SSSR count). The molecule has 1 amide bonds. The van der Waals surface area contributed by atoms with Gasteiger partial charge in [-0.25, -0.2) is 0 Å².